The summed E-state index contributed by atoms with van der Waals surface area (Å²) in [5, 5.41) is 7.09. The molecule has 2 unspecified atom stereocenters. The molecule has 1 aliphatic heterocycles. The van der Waals surface area contributed by atoms with E-state index >= 15 is 0 Å². The van der Waals surface area contributed by atoms with Gasteiger partial charge in [-0.1, -0.05) is 29.5 Å². The molecule has 0 amide bonds. The molecule has 2 heterocycles. The van der Waals surface area contributed by atoms with Gasteiger partial charge in [0.2, 0.25) is 0 Å². The molecule has 1 aromatic heterocycles. The summed E-state index contributed by atoms with van der Waals surface area (Å²) in [6.07, 6.45) is 2.58. The van der Waals surface area contributed by atoms with Crippen molar-refractivity contribution in [3.8, 4) is 11.8 Å². The molecule has 1 saturated carbocycles. The molecule has 140 valence electrons. The molecule has 1 aliphatic carbocycles. The van der Waals surface area contributed by atoms with Crippen LogP contribution in [0.5, 0.6) is 0 Å². The summed E-state index contributed by atoms with van der Waals surface area (Å²) in [7, 11) is 0. The van der Waals surface area contributed by atoms with Crippen LogP contribution >= 0.6 is 11.6 Å². The first-order chi connectivity index (χ1) is 13.6. The van der Waals surface area contributed by atoms with Crippen molar-refractivity contribution in [1.82, 2.24) is 15.3 Å². The number of hydrogen-bond donors (Lipinski definition) is 3. The van der Waals surface area contributed by atoms with Gasteiger partial charge in [0.15, 0.2) is 5.82 Å². The van der Waals surface area contributed by atoms with Crippen LogP contribution in [0.2, 0.25) is 5.02 Å². The quantitative estimate of drug-likeness (QED) is 0.457. The smallest absolute Gasteiger partial charge is 0.165 e. The fraction of sp³-hybridized carbons (Fsp3) is 0.238. The summed E-state index contributed by atoms with van der Waals surface area (Å²) in [5.41, 5.74) is 8.58. The van der Waals surface area contributed by atoms with Gasteiger partial charge in [-0.2, -0.15) is 0 Å². The van der Waals surface area contributed by atoms with Crippen molar-refractivity contribution in [3.05, 3.63) is 53.1 Å². The molecule has 28 heavy (non-hydrogen) atoms. The lowest BCUT2D eigenvalue weighted by Gasteiger charge is -2.11. The monoisotopic (exact) mass is 393 g/mol. The Labute approximate surface area is 166 Å². The lowest BCUT2D eigenvalue weighted by molar-refractivity contribution is 0.632. The zero-order chi connectivity index (χ0) is 19.3. The van der Waals surface area contributed by atoms with Gasteiger partial charge in [-0.15, -0.1) is 0 Å². The van der Waals surface area contributed by atoms with Gasteiger partial charge < -0.3 is 16.4 Å². The third-order valence-electron chi connectivity index (χ3n) is 5.52. The number of benzene rings is 2. The summed E-state index contributed by atoms with van der Waals surface area (Å²) in [6, 6.07) is 8.39. The van der Waals surface area contributed by atoms with E-state index in [0.29, 0.717) is 28.3 Å². The van der Waals surface area contributed by atoms with Crippen molar-refractivity contribution in [2.24, 2.45) is 11.3 Å². The van der Waals surface area contributed by atoms with E-state index in [1.54, 1.807) is 18.2 Å². The average Bonchev–Trinajstić information content (AvgIpc) is 3.23. The molecule has 3 aromatic rings. The Morgan fingerprint density at radius 2 is 2.21 bits per heavy atom. The van der Waals surface area contributed by atoms with E-state index in [0.717, 1.165) is 25.1 Å². The molecule has 4 N–H and O–H groups in total. The fourth-order valence-corrected chi connectivity index (χ4v) is 3.95. The van der Waals surface area contributed by atoms with Gasteiger partial charge in [0, 0.05) is 28.6 Å². The van der Waals surface area contributed by atoms with Gasteiger partial charge >= 0.3 is 0 Å². The van der Waals surface area contributed by atoms with Crippen molar-refractivity contribution >= 4 is 39.7 Å². The molecule has 5 nitrogen and oxygen atoms in total. The van der Waals surface area contributed by atoms with Crippen LogP contribution in [-0.2, 0) is 0 Å². The minimum absolute atomic E-state index is 0.0413. The molecule has 5 rings (SSSR count). The number of nitrogens with zero attached hydrogens (tertiary/aromatic N) is 2. The van der Waals surface area contributed by atoms with Crippen LogP contribution in [0.25, 0.3) is 10.9 Å². The van der Waals surface area contributed by atoms with E-state index in [2.05, 4.69) is 32.4 Å². The molecule has 0 spiro atoms. The van der Waals surface area contributed by atoms with E-state index in [1.165, 1.54) is 12.4 Å². The Bertz CT molecular complexity index is 1170. The van der Waals surface area contributed by atoms with Crippen molar-refractivity contribution in [1.29, 1.82) is 0 Å². The van der Waals surface area contributed by atoms with E-state index in [-0.39, 0.29) is 16.1 Å². The normalized spacial score (nSPS) is 22.4. The first kappa shape index (κ1) is 17.2. The van der Waals surface area contributed by atoms with Gasteiger partial charge in [0.25, 0.3) is 0 Å². The third-order valence-corrected chi connectivity index (χ3v) is 5.81. The number of nitrogens with one attached hydrogen (secondary N) is 2. The largest absolute Gasteiger partial charge is 0.398 e. The molecular formula is C21H17ClFN5. The molecule has 7 heteroatoms. The van der Waals surface area contributed by atoms with Crippen LogP contribution in [0.15, 0.2) is 36.7 Å². The van der Waals surface area contributed by atoms with Gasteiger partial charge in [-0.25, -0.2) is 14.4 Å². The predicted octanol–water partition coefficient (Wildman–Crippen LogP) is 3.71. The number of anilines is 3. The van der Waals surface area contributed by atoms with Gasteiger partial charge in [0.1, 0.15) is 12.1 Å². The lowest BCUT2D eigenvalue weighted by atomic mass is 10.0. The summed E-state index contributed by atoms with van der Waals surface area (Å²) in [6.45, 7) is 1.99. The summed E-state index contributed by atoms with van der Waals surface area (Å²) < 4.78 is 14.2. The Hall–Kier alpha value is -2.88. The molecule has 1 saturated heterocycles. The van der Waals surface area contributed by atoms with Gasteiger partial charge in [0.05, 0.1) is 16.2 Å². The molecule has 2 aromatic carbocycles. The molecule has 2 atom stereocenters. The Morgan fingerprint density at radius 1 is 1.32 bits per heavy atom. The van der Waals surface area contributed by atoms with Crippen LogP contribution in [0.3, 0.4) is 0 Å². The highest BCUT2D eigenvalue weighted by molar-refractivity contribution is 6.31. The topological polar surface area (TPSA) is 75.9 Å². The molecule has 0 radical (unpaired) electrons. The number of aromatic nitrogens is 2. The van der Waals surface area contributed by atoms with Crippen LogP contribution in [0, 0.1) is 29.0 Å². The van der Waals surface area contributed by atoms with E-state index in [1.807, 2.05) is 6.07 Å². The zero-order valence-corrected chi connectivity index (χ0v) is 15.6. The lowest BCUT2D eigenvalue weighted by Crippen LogP contribution is -2.14. The van der Waals surface area contributed by atoms with E-state index in [4.69, 9.17) is 17.3 Å². The maximum atomic E-state index is 14.2. The second-order valence-electron chi connectivity index (χ2n) is 7.34. The highest BCUT2D eigenvalue weighted by Gasteiger charge is 2.56. The van der Waals surface area contributed by atoms with E-state index < -0.39 is 5.82 Å². The number of rotatable bonds is 2. The van der Waals surface area contributed by atoms with Crippen LogP contribution < -0.4 is 16.4 Å². The van der Waals surface area contributed by atoms with Gasteiger partial charge in [-0.3, -0.25) is 0 Å². The maximum Gasteiger partial charge on any atom is 0.165 e. The minimum atomic E-state index is -0.533. The van der Waals surface area contributed by atoms with Gasteiger partial charge in [-0.05, 0) is 43.1 Å². The zero-order valence-electron chi connectivity index (χ0n) is 14.9. The third kappa shape index (κ3) is 2.84. The predicted molar refractivity (Wildman–Crippen MR) is 109 cm³/mol. The number of halogens is 2. The Balaban J connectivity index is 1.52. The minimum Gasteiger partial charge on any atom is -0.398 e. The molecule has 0 bridgehead atoms. The van der Waals surface area contributed by atoms with Crippen molar-refractivity contribution in [3.63, 3.8) is 0 Å². The first-order valence-electron chi connectivity index (χ1n) is 9.05. The molecule has 2 fully saturated rings. The number of hydrogen-bond acceptors (Lipinski definition) is 5. The summed E-state index contributed by atoms with van der Waals surface area (Å²) in [4.78, 5) is 8.56. The SMILES string of the molecule is Nc1cc2c(Nc3cccc(Cl)c3F)ncnc2cc1C#CC12CNCC1C2. The number of nitrogens with two attached hydrogens (primary N) is 1. The number of nitrogen functional groups attached to an aromatic ring is 1. The van der Waals surface area contributed by atoms with Crippen molar-refractivity contribution in [2.75, 3.05) is 24.1 Å². The summed E-state index contributed by atoms with van der Waals surface area (Å²) >= 11 is 5.86. The van der Waals surface area contributed by atoms with Crippen LogP contribution in [0.4, 0.5) is 21.6 Å². The molecular weight excluding hydrogens is 377 g/mol. The Kier molecular flexibility index (Phi) is 3.90. The highest BCUT2D eigenvalue weighted by atomic mass is 35.5. The van der Waals surface area contributed by atoms with Crippen molar-refractivity contribution in [2.45, 2.75) is 6.42 Å². The standard InChI is InChI=1S/C21H17ClFN5/c22-15-2-1-3-17(19(15)23)28-20-14-7-16(24)12(6-18(14)26-11-27-20)4-5-21-8-13(21)9-25-10-21/h1-3,6-7,11,13,25H,8-10,24H2,(H,26,27,28). The molecule has 2 aliphatic rings. The fourth-order valence-electron chi connectivity index (χ4n) is 3.78. The second kappa shape index (κ2) is 6.33. The van der Waals surface area contributed by atoms with E-state index in [9.17, 15) is 4.39 Å². The average molecular weight is 394 g/mol. The highest BCUT2D eigenvalue weighted by Crippen LogP contribution is 2.54. The van der Waals surface area contributed by atoms with Crippen LogP contribution in [-0.4, -0.2) is 23.1 Å². The summed E-state index contributed by atoms with van der Waals surface area (Å²) in [5.74, 6) is 7.23. The Morgan fingerprint density at radius 3 is 3.00 bits per heavy atom. The van der Waals surface area contributed by atoms with Crippen LogP contribution in [0.1, 0.15) is 12.0 Å². The maximum absolute atomic E-state index is 14.2. The second-order valence-corrected chi connectivity index (χ2v) is 7.75. The first-order valence-corrected chi connectivity index (χ1v) is 9.43. The number of piperidine rings is 1. The number of fused-ring (bicyclic) bond motifs is 2. The van der Waals surface area contributed by atoms with Crippen molar-refractivity contribution < 1.29 is 4.39 Å².